The molecule has 2 unspecified atom stereocenters. The van der Waals surface area contributed by atoms with E-state index in [9.17, 15) is 15.3 Å². The summed E-state index contributed by atoms with van der Waals surface area (Å²) in [5, 5.41) is 29.7. The van der Waals surface area contributed by atoms with E-state index in [0.29, 0.717) is 0 Å². The lowest BCUT2D eigenvalue weighted by Gasteiger charge is -2.41. The summed E-state index contributed by atoms with van der Waals surface area (Å²) >= 11 is 0. The van der Waals surface area contributed by atoms with Crippen molar-refractivity contribution >= 4 is 0 Å². The molecule has 0 saturated carbocycles. The maximum absolute atomic E-state index is 10.3. The normalized spacial score (nSPS) is 31.9. The van der Waals surface area contributed by atoms with Gasteiger partial charge in [0, 0.05) is 0 Å². The van der Waals surface area contributed by atoms with Crippen molar-refractivity contribution in [3.8, 4) is 0 Å². The summed E-state index contributed by atoms with van der Waals surface area (Å²) in [6.07, 6.45) is -3.57. The minimum Gasteiger partial charge on any atom is -0.394 e. The predicted octanol–water partition coefficient (Wildman–Crippen LogP) is 0.213. The van der Waals surface area contributed by atoms with E-state index < -0.39 is 37.3 Å². The second-order valence-electron chi connectivity index (χ2n) is 5.09. The molecule has 0 spiro atoms. The minimum atomic E-state index is -1.17. The highest BCUT2D eigenvalue weighted by atomic mass is 16.7. The third kappa shape index (κ3) is 4.13. The van der Waals surface area contributed by atoms with Crippen molar-refractivity contribution in [2.45, 2.75) is 37.3 Å². The van der Waals surface area contributed by atoms with Gasteiger partial charge in [-0.15, -0.1) is 6.58 Å². The fourth-order valence-corrected chi connectivity index (χ4v) is 2.32. The smallest absolute Gasteiger partial charge is 0.187 e. The number of benzene rings is 1. The summed E-state index contributed by atoms with van der Waals surface area (Å²) in [6, 6.07) is 9.41. The highest BCUT2D eigenvalue weighted by molar-refractivity contribution is 5.13. The van der Waals surface area contributed by atoms with E-state index in [2.05, 4.69) is 6.58 Å². The van der Waals surface area contributed by atoms with Gasteiger partial charge in [-0.2, -0.15) is 0 Å². The van der Waals surface area contributed by atoms with E-state index >= 15 is 0 Å². The molecule has 0 bridgehead atoms. The van der Waals surface area contributed by atoms with E-state index in [-0.39, 0.29) is 13.2 Å². The average molecular weight is 310 g/mol. The number of ether oxygens (including phenoxy) is 3. The van der Waals surface area contributed by atoms with Crippen LogP contribution in [0.2, 0.25) is 0 Å². The van der Waals surface area contributed by atoms with Crippen molar-refractivity contribution in [2.24, 2.45) is 0 Å². The molecule has 0 aromatic heterocycles. The molecule has 3 N–H and O–H groups in total. The second kappa shape index (κ2) is 8.38. The quantitative estimate of drug-likeness (QED) is 0.624. The Bertz CT molecular complexity index is 451. The zero-order valence-electron chi connectivity index (χ0n) is 12.2. The molecule has 1 saturated heterocycles. The van der Waals surface area contributed by atoms with Crippen LogP contribution in [-0.2, 0) is 20.8 Å². The van der Waals surface area contributed by atoms with Gasteiger partial charge in [-0.25, -0.2) is 0 Å². The molecule has 5 atom stereocenters. The standard InChI is InChI=1S/C16H22O6/c1-2-8-20-16-14(19)15(13(18)12(9-17)22-16)21-10-11-6-4-3-5-7-11/h2-7,12-19H,1,8-10H2/t12?,13-,14?,15-,16+/m1/s1. The summed E-state index contributed by atoms with van der Waals surface area (Å²) in [4.78, 5) is 0. The molecule has 1 aromatic carbocycles. The first kappa shape index (κ1) is 17.1. The Morgan fingerprint density at radius 2 is 1.86 bits per heavy atom. The Kier molecular flexibility index (Phi) is 6.50. The Morgan fingerprint density at radius 3 is 2.50 bits per heavy atom. The van der Waals surface area contributed by atoms with Crippen molar-refractivity contribution in [1.29, 1.82) is 0 Å². The van der Waals surface area contributed by atoms with Crippen LogP contribution in [0.15, 0.2) is 43.0 Å². The number of hydrogen-bond acceptors (Lipinski definition) is 6. The first-order valence-corrected chi connectivity index (χ1v) is 7.18. The summed E-state index contributed by atoms with van der Waals surface area (Å²) in [6.45, 7) is 3.54. The maximum atomic E-state index is 10.3. The lowest BCUT2D eigenvalue weighted by Crippen LogP contribution is -2.60. The van der Waals surface area contributed by atoms with Gasteiger partial charge < -0.3 is 29.5 Å². The highest BCUT2D eigenvalue weighted by Crippen LogP contribution is 2.25. The Morgan fingerprint density at radius 1 is 1.14 bits per heavy atom. The van der Waals surface area contributed by atoms with E-state index in [1.807, 2.05) is 30.3 Å². The van der Waals surface area contributed by atoms with Crippen molar-refractivity contribution in [3.05, 3.63) is 48.6 Å². The molecule has 6 nitrogen and oxygen atoms in total. The van der Waals surface area contributed by atoms with Crippen molar-refractivity contribution in [2.75, 3.05) is 13.2 Å². The lowest BCUT2D eigenvalue weighted by atomic mass is 9.99. The monoisotopic (exact) mass is 310 g/mol. The highest BCUT2D eigenvalue weighted by Gasteiger charge is 2.45. The summed E-state index contributed by atoms with van der Waals surface area (Å²) in [7, 11) is 0. The van der Waals surface area contributed by atoms with Crippen LogP contribution in [-0.4, -0.2) is 59.2 Å². The third-order valence-electron chi connectivity index (χ3n) is 3.49. The topological polar surface area (TPSA) is 88.4 Å². The molecule has 22 heavy (non-hydrogen) atoms. The fourth-order valence-electron chi connectivity index (χ4n) is 2.32. The van der Waals surface area contributed by atoms with Gasteiger partial charge in [0.1, 0.15) is 24.4 Å². The van der Waals surface area contributed by atoms with Crippen LogP contribution in [0, 0.1) is 0 Å². The third-order valence-corrected chi connectivity index (χ3v) is 3.49. The van der Waals surface area contributed by atoms with Crippen LogP contribution in [0.4, 0.5) is 0 Å². The molecule has 6 heteroatoms. The van der Waals surface area contributed by atoms with E-state index in [0.717, 1.165) is 5.56 Å². The van der Waals surface area contributed by atoms with Gasteiger partial charge in [0.2, 0.25) is 0 Å². The van der Waals surface area contributed by atoms with Crippen molar-refractivity contribution in [1.82, 2.24) is 0 Å². The molecule has 2 rings (SSSR count). The lowest BCUT2D eigenvalue weighted by molar-refractivity contribution is -0.306. The zero-order chi connectivity index (χ0) is 15.9. The Balaban J connectivity index is 2.02. The van der Waals surface area contributed by atoms with Crippen LogP contribution >= 0.6 is 0 Å². The number of aliphatic hydroxyl groups is 3. The number of rotatable bonds is 7. The minimum absolute atomic E-state index is 0.182. The number of aliphatic hydroxyl groups excluding tert-OH is 3. The fraction of sp³-hybridized carbons (Fsp3) is 0.500. The first-order valence-electron chi connectivity index (χ1n) is 7.18. The van der Waals surface area contributed by atoms with Gasteiger partial charge in [0.05, 0.1) is 19.8 Å². The molecule has 1 heterocycles. The van der Waals surface area contributed by atoms with Crippen LogP contribution in [0.1, 0.15) is 5.56 Å². The molecule has 0 radical (unpaired) electrons. The van der Waals surface area contributed by atoms with Crippen LogP contribution in [0.25, 0.3) is 0 Å². The van der Waals surface area contributed by atoms with Crippen LogP contribution in [0.5, 0.6) is 0 Å². The molecule has 1 fully saturated rings. The Hall–Kier alpha value is -1.28. The summed E-state index contributed by atoms with van der Waals surface area (Å²) < 4.78 is 16.3. The van der Waals surface area contributed by atoms with E-state index in [1.165, 1.54) is 6.08 Å². The molecular formula is C16H22O6. The van der Waals surface area contributed by atoms with Gasteiger partial charge in [0.15, 0.2) is 6.29 Å². The molecule has 1 aromatic rings. The van der Waals surface area contributed by atoms with Crippen molar-refractivity contribution < 1.29 is 29.5 Å². The van der Waals surface area contributed by atoms with Crippen LogP contribution in [0.3, 0.4) is 0 Å². The first-order chi connectivity index (χ1) is 10.7. The van der Waals surface area contributed by atoms with Gasteiger partial charge in [0.25, 0.3) is 0 Å². The summed E-state index contributed by atoms with van der Waals surface area (Å²) in [5.74, 6) is 0. The molecule has 122 valence electrons. The van der Waals surface area contributed by atoms with Gasteiger partial charge >= 0.3 is 0 Å². The average Bonchev–Trinajstić information content (AvgIpc) is 2.55. The van der Waals surface area contributed by atoms with Crippen molar-refractivity contribution in [3.63, 3.8) is 0 Å². The summed E-state index contributed by atoms with van der Waals surface area (Å²) in [5.41, 5.74) is 0.914. The van der Waals surface area contributed by atoms with Gasteiger partial charge in [-0.3, -0.25) is 0 Å². The van der Waals surface area contributed by atoms with E-state index in [4.69, 9.17) is 14.2 Å². The molecule has 0 aliphatic carbocycles. The molecule has 0 amide bonds. The predicted molar refractivity (Wildman–Crippen MR) is 78.9 cm³/mol. The zero-order valence-corrected chi connectivity index (χ0v) is 12.2. The van der Waals surface area contributed by atoms with E-state index in [1.54, 1.807) is 0 Å². The maximum Gasteiger partial charge on any atom is 0.187 e. The molecular weight excluding hydrogens is 288 g/mol. The number of hydrogen-bond donors (Lipinski definition) is 3. The second-order valence-corrected chi connectivity index (χ2v) is 5.09. The SMILES string of the molecule is C=CCO[C@H]1OC(CO)[C@@H](O)[C@@H](OCc2ccccc2)C1O. The van der Waals surface area contributed by atoms with Gasteiger partial charge in [-0.05, 0) is 5.56 Å². The van der Waals surface area contributed by atoms with Gasteiger partial charge in [-0.1, -0.05) is 36.4 Å². The molecule has 1 aliphatic rings. The largest absolute Gasteiger partial charge is 0.394 e. The Labute approximate surface area is 129 Å². The molecule has 1 aliphatic heterocycles. The van der Waals surface area contributed by atoms with Crippen LogP contribution < -0.4 is 0 Å².